The second-order valence-corrected chi connectivity index (χ2v) is 7.53. The third-order valence-corrected chi connectivity index (χ3v) is 6.16. The van der Waals surface area contributed by atoms with Gasteiger partial charge in [-0.1, -0.05) is 26.3 Å². The zero-order valence-electron chi connectivity index (χ0n) is 14.8. The third kappa shape index (κ3) is 2.97. The van der Waals surface area contributed by atoms with Gasteiger partial charge in [-0.3, -0.25) is 4.99 Å². The number of rotatable bonds is 6. The summed E-state index contributed by atoms with van der Waals surface area (Å²) in [7, 11) is 4.39. The third-order valence-electron chi connectivity index (χ3n) is 6.16. The molecule has 22 heavy (non-hydrogen) atoms. The van der Waals surface area contributed by atoms with Crippen molar-refractivity contribution < 1.29 is 0 Å². The van der Waals surface area contributed by atoms with E-state index in [1.807, 2.05) is 0 Å². The molecule has 6 atom stereocenters. The Balaban J connectivity index is 1.72. The molecule has 0 bridgehead atoms. The molecule has 124 valence electrons. The standard InChI is InChI=1S/C19H33N3/c1-5-7-18-16-11-15(16)14(8-9-21-18)19-10-13(12-22(19)4)17(6-2)20-3/h9-10,13-18,20H,5-8,11-12H2,1-4H3. The van der Waals surface area contributed by atoms with Crippen LogP contribution in [-0.4, -0.2) is 43.8 Å². The van der Waals surface area contributed by atoms with E-state index in [-0.39, 0.29) is 0 Å². The van der Waals surface area contributed by atoms with E-state index in [1.54, 1.807) is 5.70 Å². The number of fused-ring (bicyclic) bond motifs is 1. The summed E-state index contributed by atoms with van der Waals surface area (Å²) in [5, 5.41) is 3.50. The molecule has 0 amide bonds. The van der Waals surface area contributed by atoms with Gasteiger partial charge in [-0.15, -0.1) is 0 Å². The Morgan fingerprint density at radius 1 is 1.36 bits per heavy atom. The number of nitrogens with one attached hydrogen (secondary N) is 1. The minimum absolute atomic E-state index is 0.613. The molecule has 0 aromatic heterocycles. The summed E-state index contributed by atoms with van der Waals surface area (Å²) in [5.74, 6) is 3.14. The molecule has 2 aliphatic heterocycles. The molecule has 3 rings (SSSR count). The van der Waals surface area contributed by atoms with Gasteiger partial charge in [-0.2, -0.15) is 0 Å². The lowest BCUT2D eigenvalue weighted by molar-refractivity contribution is 0.318. The molecule has 2 heterocycles. The van der Waals surface area contributed by atoms with Crippen LogP contribution in [0.15, 0.2) is 16.8 Å². The van der Waals surface area contributed by atoms with Crippen LogP contribution in [0.4, 0.5) is 0 Å². The Labute approximate surface area is 136 Å². The van der Waals surface area contributed by atoms with Crippen LogP contribution in [-0.2, 0) is 0 Å². The Hall–Kier alpha value is -0.830. The van der Waals surface area contributed by atoms with Gasteiger partial charge in [0.05, 0.1) is 6.04 Å². The zero-order chi connectivity index (χ0) is 15.7. The van der Waals surface area contributed by atoms with Gasteiger partial charge in [-0.25, -0.2) is 0 Å². The van der Waals surface area contributed by atoms with E-state index in [9.17, 15) is 0 Å². The van der Waals surface area contributed by atoms with Crippen LogP contribution >= 0.6 is 0 Å². The summed E-state index contributed by atoms with van der Waals surface area (Å²) < 4.78 is 0. The summed E-state index contributed by atoms with van der Waals surface area (Å²) in [6.07, 6.45) is 11.1. The lowest BCUT2D eigenvalue weighted by atomic mass is 9.92. The predicted octanol–water partition coefficient (Wildman–Crippen LogP) is 3.33. The number of hydrogen-bond donors (Lipinski definition) is 1. The molecule has 1 fully saturated rings. The SMILES string of the molecule is CCCC1N=CCC(C2=CC(C(CC)NC)CN2C)C2CC12. The molecule has 0 radical (unpaired) electrons. The van der Waals surface area contributed by atoms with Crippen molar-refractivity contribution in [2.24, 2.45) is 28.7 Å². The largest absolute Gasteiger partial charge is 0.377 e. The van der Waals surface area contributed by atoms with Gasteiger partial charge in [0.1, 0.15) is 0 Å². The summed E-state index contributed by atoms with van der Waals surface area (Å²) in [6, 6.07) is 1.23. The maximum Gasteiger partial charge on any atom is 0.0526 e. The molecule has 1 aliphatic carbocycles. The molecule has 6 unspecified atom stereocenters. The molecule has 3 aliphatic rings. The Morgan fingerprint density at radius 2 is 2.18 bits per heavy atom. The average molecular weight is 303 g/mol. The molecule has 0 spiro atoms. The van der Waals surface area contributed by atoms with Crippen molar-refractivity contribution in [2.45, 2.75) is 58.0 Å². The maximum atomic E-state index is 4.89. The lowest BCUT2D eigenvalue weighted by Gasteiger charge is -2.25. The fourth-order valence-electron chi connectivity index (χ4n) is 4.85. The van der Waals surface area contributed by atoms with Gasteiger partial charge in [0.2, 0.25) is 0 Å². The van der Waals surface area contributed by atoms with Crippen molar-refractivity contribution in [1.29, 1.82) is 0 Å². The quantitative estimate of drug-likeness (QED) is 0.815. The van der Waals surface area contributed by atoms with E-state index in [4.69, 9.17) is 4.99 Å². The first kappa shape index (κ1) is 16.0. The molecule has 1 saturated carbocycles. The molecular weight excluding hydrogens is 270 g/mol. The van der Waals surface area contributed by atoms with E-state index in [1.165, 1.54) is 32.2 Å². The summed E-state index contributed by atoms with van der Waals surface area (Å²) in [6.45, 7) is 5.76. The topological polar surface area (TPSA) is 27.6 Å². The molecular formula is C19H33N3. The van der Waals surface area contributed by atoms with Crippen LogP contribution in [0, 0.1) is 23.7 Å². The minimum atomic E-state index is 0.613. The van der Waals surface area contributed by atoms with Crippen molar-refractivity contribution >= 4 is 6.21 Å². The van der Waals surface area contributed by atoms with Gasteiger partial charge < -0.3 is 10.2 Å². The van der Waals surface area contributed by atoms with Gasteiger partial charge in [-0.05, 0) is 50.8 Å². The smallest absolute Gasteiger partial charge is 0.0526 e. The first-order valence-corrected chi connectivity index (χ1v) is 9.31. The summed E-state index contributed by atoms with van der Waals surface area (Å²) in [5.41, 5.74) is 1.61. The van der Waals surface area contributed by atoms with Crippen molar-refractivity contribution in [3.8, 4) is 0 Å². The van der Waals surface area contributed by atoms with Crippen LogP contribution in [0.2, 0.25) is 0 Å². The van der Waals surface area contributed by atoms with Crippen LogP contribution in [0.5, 0.6) is 0 Å². The number of nitrogens with zero attached hydrogens (tertiary/aromatic N) is 2. The van der Waals surface area contributed by atoms with Gasteiger partial charge in [0, 0.05) is 37.2 Å². The Bertz CT molecular complexity index is 438. The second kappa shape index (κ2) is 6.74. The molecule has 0 aromatic carbocycles. The van der Waals surface area contributed by atoms with Crippen LogP contribution in [0.1, 0.15) is 46.0 Å². The van der Waals surface area contributed by atoms with Gasteiger partial charge >= 0.3 is 0 Å². The van der Waals surface area contributed by atoms with E-state index in [0.29, 0.717) is 18.0 Å². The van der Waals surface area contributed by atoms with E-state index < -0.39 is 0 Å². The monoisotopic (exact) mass is 303 g/mol. The molecule has 0 aromatic rings. The lowest BCUT2D eigenvalue weighted by Crippen LogP contribution is -2.34. The number of hydrogen-bond acceptors (Lipinski definition) is 3. The number of allylic oxidation sites excluding steroid dienone is 1. The molecule has 3 nitrogen and oxygen atoms in total. The zero-order valence-corrected chi connectivity index (χ0v) is 14.8. The fourth-order valence-corrected chi connectivity index (χ4v) is 4.85. The maximum absolute atomic E-state index is 4.89. The molecule has 3 heteroatoms. The highest BCUT2D eigenvalue weighted by Crippen LogP contribution is 2.54. The van der Waals surface area contributed by atoms with Crippen LogP contribution in [0.3, 0.4) is 0 Å². The van der Waals surface area contributed by atoms with Crippen molar-refractivity contribution in [3.05, 3.63) is 11.8 Å². The summed E-state index contributed by atoms with van der Waals surface area (Å²) >= 11 is 0. The van der Waals surface area contributed by atoms with Crippen molar-refractivity contribution in [1.82, 2.24) is 10.2 Å². The number of aliphatic imine (C=N–C) groups is 1. The van der Waals surface area contributed by atoms with E-state index >= 15 is 0 Å². The molecule has 1 N–H and O–H groups in total. The predicted molar refractivity (Wildman–Crippen MR) is 94.2 cm³/mol. The fraction of sp³-hybridized carbons (Fsp3) is 0.842. The summed E-state index contributed by atoms with van der Waals surface area (Å²) in [4.78, 5) is 7.41. The first-order chi connectivity index (χ1) is 10.7. The van der Waals surface area contributed by atoms with E-state index in [0.717, 1.165) is 24.2 Å². The second-order valence-electron chi connectivity index (χ2n) is 7.53. The minimum Gasteiger partial charge on any atom is -0.377 e. The molecule has 0 saturated heterocycles. The van der Waals surface area contributed by atoms with Gasteiger partial charge in [0.25, 0.3) is 0 Å². The van der Waals surface area contributed by atoms with Gasteiger partial charge in [0.15, 0.2) is 0 Å². The van der Waals surface area contributed by atoms with Crippen LogP contribution in [0.25, 0.3) is 0 Å². The average Bonchev–Trinajstić information content (AvgIpc) is 3.22. The highest BCUT2D eigenvalue weighted by Gasteiger charge is 2.50. The Morgan fingerprint density at radius 3 is 2.86 bits per heavy atom. The first-order valence-electron chi connectivity index (χ1n) is 9.31. The highest BCUT2D eigenvalue weighted by atomic mass is 15.1. The normalized spacial score (nSPS) is 38.5. The Kier molecular flexibility index (Phi) is 4.91. The van der Waals surface area contributed by atoms with Crippen molar-refractivity contribution in [3.63, 3.8) is 0 Å². The van der Waals surface area contributed by atoms with E-state index in [2.05, 4.69) is 50.5 Å². The van der Waals surface area contributed by atoms with Crippen LogP contribution < -0.4 is 5.32 Å². The van der Waals surface area contributed by atoms with Crippen molar-refractivity contribution in [2.75, 3.05) is 20.6 Å². The highest BCUT2D eigenvalue weighted by molar-refractivity contribution is 5.60.